The molecule has 0 saturated heterocycles. The van der Waals surface area contributed by atoms with Gasteiger partial charge >= 0.3 is 0 Å². The minimum absolute atomic E-state index is 0.120. The van der Waals surface area contributed by atoms with Gasteiger partial charge in [-0.2, -0.15) is 0 Å². The Bertz CT molecular complexity index is 2490. The first kappa shape index (κ1) is 28.5. The number of hydrogen-bond donors (Lipinski definition) is 1. The lowest BCUT2D eigenvalue weighted by molar-refractivity contribution is 0.299. The van der Waals surface area contributed by atoms with E-state index in [2.05, 4.69) is 164 Å². The highest BCUT2D eigenvalue weighted by molar-refractivity contribution is 5.98. The van der Waals surface area contributed by atoms with E-state index >= 15 is 0 Å². The first-order valence-electron chi connectivity index (χ1n) is 16.8. The molecule has 8 aromatic rings. The normalized spacial score (nSPS) is 11.9. The third-order valence-electron chi connectivity index (χ3n) is 10.1. The quantitative estimate of drug-likeness (QED) is 0.198. The monoisotopic (exact) mass is 614 g/mol. The topological polar surface area (TPSA) is 20.2 Å². The van der Waals surface area contributed by atoms with Crippen molar-refractivity contribution in [3.05, 3.63) is 180 Å². The molecule has 228 valence electrons. The standard InChI is InChI=1S/C47H34O/c48-26-25-46-43(37-16-6-15-36(29-37)42-20-8-12-32-10-2-4-18-40(32)42)23-24-45-44-22-21-34(28-38(44)30-47(45)46)33-13-5-14-35(27-33)41-19-7-11-31-9-1-3-17-39(31)41/h1-24,27-29,48H,25-26,30H2. The highest BCUT2D eigenvalue weighted by atomic mass is 16.2. The summed E-state index contributed by atoms with van der Waals surface area (Å²) in [4.78, 5) is 0. The van der Waals surface area contributed by atoms with Crippen LogP contribution >= 0.6 is 0 Å². The van der Waals surface area contributed by atoms with E-state index in [9.17, 15) is 5.11 Å². The Hall–Kier alpha value is -5.76. The average molecular weight is 615 g/mol. The molecular formula is C47H34O. The summed E-state index contributed by atoms with van der Waals surface area (Å²) >= 11 is 0. The Balaban J connectivity index is 1.08. The van der Waals surface area contributed by atoms with Crippen LogP contribution in [0.5, 0.6) is 0 Å². The first-order chi connectivity index (χ1) is 23.7. The molecule has 0 fully saturated rings. The van der Waals surface area contributed by atoms with Gasteiger partial charge in [0.25, 0.3) is 0 Å². The Labute approximate surface area is 281 Å². The van der Waals surface area contributed by atoms with Gasteiger partial charge in [-0.1, -0.05) is 152 Å². The molecule has 0 atom stereocenters. The third kappa shape index (κ3) is 4.83. The molecule has 8 aromatic carbocycles. The zero-order valence-electron chi connectivity index (χ0n) is 26.7. The SMILES string of the molecule is OCCc1c(-c2cccc(-c3cccc4ccccc34)c2)ccc2c1Cc1cc(-c3cccc(-c4cccc5ccccc45)c3)ccc1-2. The van der Waals surface area contributed by atoms with Crippen LogP contribution in [0.15, 0.2) is 164 Å². The van der Waals surface area contributed by atoms with Crippen LogP contribution in [0.25, 0.3) is 77.2 Å². The maximum atomic E-state index is 10.3. The molecule has 1 aliphatic carbocycles. The number of benzene rings is 8. The highest BCUT2D eigenvalue weighted by Gasteiger charge is 2.24. The fourth-order valence-corrected chi connectivity index (χ4v) is 7.86. The molecule has 0 spiro atoms. The van der Waals surface area contributed by atoms with Gasteiger partial charge in [-0.05, 0) is 119 Å². The molecule has 0 aliphatic heterocycles. The van der Waals surface area contributed by atoms with E-state index in [0.717, 1.165) is 6.42 Å². The molecular weight excluding hydrogens is 581 g/mol. The van der Waals surface area contributed by atoms with Gasteiger partial charge in [-0.3, -0.25) is 0 Å². The van der Waals surface area contributed by atoms with E-state index in [-0.39, 0.29) is 6.61 Å². The Morgan fingerprint density at radius 1 is 0.396 bits per heavy atom. The fourth-order valence-electron chi connectivity index (χ4n) is 7.86. The number of aliphatic hydroxyl groups excluding tert-OH is 1. The second-order valence-electron chi connectivity index (χ2n) is 12.9. The maximum Gasteiger partial charge on any atom is 0.0471 e. The van der Waals surface area contributed by atoms with E-state index < -0.39 is 0 Å². The van der Waals surface area contributed by atoms with Crippen LogP contribution in [-0.4, -0.2) is 11.7 Å². The summed E-state index contributed by atoms with van der Waals surface area (Å²) in [6.07, 6.45) is 1.50. The summed E-state index contributed by atoms with van der Waals surface area (Å²) < 4.78 is 0. The number of aliphatic hydroxyl groups is 1. The summed E-state index contributed by atoms with van der Waals surface area (Å²) in [5, 5.41) is 15.3. The molecule has 0 heterocycles. The van der Waals surface area contributed by atoms with Crippen LogP contribution in [0.2, 0.25) is 0 Å². The molecule has 1 heteroatoms. The largest absolute Gasteiger partial charge is 0.396 e. The zero-order chi connectivity index (χ0) is 32.0. The molecule has 0 saturated carbocycles. The van der Waals surface area contributed by atoms with Crippen LogP contribution in [0.3, 0.4) is 0 Å². The minimum atomic E-state index is 0.120. The minimum Gasteiger partial charge on any atom is -0.396 e. The van der Waals surface area contributed by atoms with Crippen molar-refractivity contribution >= 4 is 21.5 Å². The van der Waals surface area contributed by atoms with Crippen molar-refractivity contribution in [2.45, 2.75) is 12.8 Å². The zero-order valence-corrected chi connectivity index (χ0v) is 26.7. The van der Waals surface area contributed by atoms with Crippen molar-refractivity contribution in [1.29, 1.82) is 0 Å². The summed E-state index contributed by atoms with van der Waals surface area (Å²) in [6, 6.07) is 59.6. The Morgan fingerprint density at radius 2 is 0.896 bits per heavy atom. The Kier molecular flexibility index (Phi) is 6.99. The molecule has 48 heavy (non-hydrogen) atoms. The first-order valence-corrected chi connectivity index (χ1v) is 16.8. The number of fused-ring (bicyclic) bond motifs is 5. The van der Waals surface area contributed by atoms with Crippen LogP contribution in [-0.2, 0) is 12.8 Å². The van der Waals surface area contributed by atoms with Crippen molar-refractivity contribution in [2.24, 2.45) is 0 Å². The summed E-state index contributed by atoms with van der Waals surface area (Å²) in [5.41, 5.74) is 16.3. The molecule has 0 radical (unpaired) electrons. The summed E-state index contributed by atoms with van der Waals surface area (Å²) in [7, 11) is 0. The molecule has 0 aromatic heterocycles. The van der Waals surface area contributed by atoms with Crippen LogP contribution in [0.4, 0.5) is 0 Å². The van der Waals surface area contributed by atoms with Crippen LogP contribution in [0, 0.1) is 0 Å². The number of hydrogen-bond acceptors (Lipinski definition) is 1. The Morgan fingerprint density at radius 3 is 1.56 bits per heavy atom. The molecule has 9 rings (SSSR count). The molecule has 0 bridgehead atoms. The third-order valence-corrected chi connectivity index (χ3v) is 10.1. The van der Waals surface area contributed by atoms with E-state index in [1.54, 1.807) is 0 Å². The van der Waals surface area contributed by atoms with E-state index in [0.29, 0.717) is 6.42 Å². The van der Waals surface area contributed by atoms with Crippen molar-refractivity contribution < 1.29 is 5.11 Å². The molecule has 1 N–H and O–H groups in total. The molecule has 1 aliphatic rings. The van der Waals surface area contributed by atoms with E-state index in [1.165, 1.54) is 93.9 Å². The molecule has 0 amide bonds. The average Bonchev–Trinajstić information content (AvgIpc) is 3.53. The van der Waals surface area contributed by atoms with Gasteiger partial charge in [-0.15, -0.1) is 0 Å². The van der Waals surface area contributed by atoms with Crippen LogP contribution in [0.1, 0.15) is 16.7 Å². The van der Waals surface area contributed by atoms with Crippen molar-refractivity contribution in [3.63, 3.8) is 0 Å². The van der Waals surface area contributed by atoms with Crippen LogP contribution < -0.4 is 0 Å². The lowest BCUT2D eigenvalue weighted by atomic mass is 9.89. The van der Waals surface area contributed by atoms with Gasteiger partial charge in [-0.25, -0.2) is 0 Å². The van der Waals surface area contributed by atoms with Gasteiger partial charge in [0, 0.05) is 6.61 Å². The predicted molar refractivity (Wildman–Crippen MR) is 202 cm³/mol. The van der Waals surface area contributed by atoms with Gasteiger partial charge in [0.2, 0.25) is 0 Å². The lowest BCUT2D eigenvalue weighted by Crippen LogP contribution is -2.00. The fraction of sp³-hybridized carbons (Fsp3) is 0.0638. The van der Waals surface area contributed by atoms with E-state index in [1.807, 2.05) is 0 Å². The number of rotatable bonds is 6. The lowest BCUT2D eigenvalue weighted by Gasteiger charge is -2.16. The maximum absolute atomic E-state index is 10.3. The van der Waals surface area contributed by atoms with Crippen molar-refractivity contribution in [1.82, 2.24) is 0 Å². The highest BCUT2D eigenvalue weighted by Crippen LogP contribution is 2.44. The second-order valence-corrected chi connectivity index (χ2v) is 12.9. The van der Waals surface area contributed by atoms with Crippen molar-refractivity contribution in [2.75, 3.05) is 6.61 Å². The van der Waals surface area contributed by atoms with Gasteiger partial charge < -0.3 is 5.11 Å². The summed E-state index contributed by atoms with van der Waals surface area (Å²) in [6.45, 7) is 0.120. The second kappa shape index (κ2) is 11.8. The predicted octanol–water partition coefficient (Wildman–Crippen LogP) is 11.8. The molecule has 0 unspecified atom stereocenters. The smallest absolute Gasteiger partial charge is 0.0471 e. The van der Waals surface area contributed by atoms with Gasteiger partial charge in [0.05, 0.1) is 0 Å². The van der Waals surface area contributed by atoms with Gasteiger partial charge in [0.1, 0.15) is 0 Å². The van der Waals surface area contributed by atoms with E-state index in [4.69, 9.17) is 0 Å². The van der Waals surface area contributed by atoms with Gasteiger partial charge in [0.15, 0.2) is 0 Å². The molecule has 1 nitrogen and oxygen atoms in total. The summed E-state index contributed by atoms with van der Waals surface area (Å²) in [5.74, 6) is 0. The van der Waals surface area contributed by atoms with Crippen molar-refractivity contribution in [3.8, 4) is 55.6 Å².